The third-order valence-electron chi connectivity index (χ3n) is 8.65. The van der Waals surface area contributed by atoms with Gasteiger partial charge in [0, 0.05) is 45.2 Å². The number of aryl methyl sites for hydroxylation is 1. The molecule has 4 aliphatic rings. The van der Waals surface area contributed by atoms with Gasteiger partial charge in [0.05, 0.1) is 12.7 Å². The maximum absolute atomic E-state index is 13.4. The van der Waals surface area contributed by atoms with Crippen molar-refractivity contribution < 1.29 is 19.1 Å². The van der Waals surface area contributed by atoms with Crippen molar-refractivity contribution in [3.8, 4) is 17.3 Å². The van der Waals surface area contributed by atoms with Crippen LogP contribution >= 0.6 is 0 Å². The van der Waals surface area contributed by atoms with Gasteiger partial charge < -0.3 is 24.3 Å². The van der Waals surface area contributed by atoms with Crippen LogP contribution in [0, 0.1) is 17.8 Å². The molecule has 3 aromatic rings. The zero-order valence-corrected chi connectivity index (χ0v) is 22.1. The first-order chi connectivity index (χ1) is 19.1. The summed E-state index contributed by atoms with van der Waals surface area (Å²) in [4.78, 5) is 33.3. The summed E-state index contributed by atoms with van der Waals surface area (Å²) < 4.78 is 13.2. The lowest BCUT2D eigenvalue weighted by Gasteiger charge is -2.30. The fraction of sp³-hybridized carbons (Fsp3) is 0.483. The maximum atomic E-state index is 13.4. The van der Waals surface area contributed by atoms with Gasteiger partial charge in [-0.1, -0.05) is 6.07 Å². The van der Waals surface area contributed by atoms with Gasteiger partial charge in [-0.3, -0.25) is 9.59 Å². The Balaban J connectivity index is 1.08. The van der Waals surface area contributed by atoms with Gasteiger partial charge >= 0.3 is 0 Å². The molecular weight excluding hydrogens is 496 g/mol. The highest BCUT2D eigenvalue weighted by atomic mass is 16.5. The number of aromatic nitrogens is 4. The summed E-state index contributed by atoms with van der Waals surface area (Å²) in [5.41, 5.74) is 3.20. The number of hydrogen-bond donors (Lipinski definition) is 1. The summed E-state index contributed by atoms with van der Waals surface area (Å²) in [6.07, 6.45) is 4.74. The number of anilines is 1. The first-order valence-electron chi connectivity index (χ1n) is 13.9. The molecule has 1 saturated heterocycles. The highest BCUT2D eigenvalue weighted by Gasteiger charge is 2.50. The lowest BCUT2D eigenvalue weighted by Crippen LogP contribution is -2.37. The molecule has 0 radical (unpaired) electrons. The number of methoxy groups -OCH3 is 1. The normalized spacial score (nSPS) is 23.3. The number of hydrogen-bond acceptors (Lipinski definition) is 7. The van der Waals surface area contributed by atoms with Gasteiger partial charge in [-0.15, -0.1) is 10.2 Å². The predicted octanol–water partition coefficient (Wildman–Crippen LogP) is 3.10. The van der Waals surface area contributed by atoms with Crippen LogP contribution in [0.25, 0.3) is 11.5 Å². The summed E-state index contributed by atoms with van der Waals surface area (Å²) >= 11 is 0. The minimum Gasteiger partial charge on any atom is -0.496 e. The lowest BCUT2D eigenvalue weighted by molar-refractivity contribution is -0.134. The molecule has 1 N–H and O–H groups in total. The van der Waals surface area contributed by atoms with Gasteiger partial charge in [0.1, 0.15) is 23.1 Å². The Hall–Kier alpha value is -3.79. The molecular formula is C29H32N6O4. The second-order valence-corrected chi connectivity index (χ2v) is 11.0. The molecule has 3 aliphatic heterocycles. The van der Waals surface area contributed by atoms with E-state index in [1.807, 2.05) is 29.2 Å². The van der Waals surface area contributed by atoms with Crippen molar-refractivity contribution in [3.05, 3.63) is 52.8 Å². The molecule has 10 nitrogen and oxygen atoms in total. The standard InChI is InChI=1S/C29H32N6O4/c1-38-24-13-17-7-10-34(29(37)21-14-20(21)18-8-11-39-16-18)15-19(17)12-22(24)28(36)31-25-5-2-4-23(30-25)27-33-32-26-6-3-9-35(26)27/h2,4-5,12-13,18,20-21H,3,6-11,14-16H2,1H3,(H,30,31,36). The molecule has 1 aliphatic carbocycles. The van der Waals surface area contributed by atoms with E-state index >= 15 is 0 Å². The number of nitrogens with one attached hydrogen (secondary N) is 1. The van der Waals surface area contributed by atoms with Crippen molar-refractivity contribution in [2.75, 3.05) is 32.2 Å². The SMILES string of the molecule is COc1cc2c(cc1C(=O)Nc1cccc(-c3nnc4n3CCC4)n1)CN(C(=O)C1CC1C1CCOC1)CC2. The monoisotopic (exact) mass is 528 g/mol. The zero-order valence-electron chi connectivity index (χ0n) is 22.1. The molecule has 0 spiro atoms. The molecule has 1 aromatic carbocycles. The topological polar surface area (TPSA) is 111 Å². The van der Waals surface area contributed by atoms with Crippen molar-refractivity contribution >= 4 is 17.6 Å². The van der Waals surface area contributed by atoms with Crippen LogP contribution in [0.15, 0.2) is 30.3 Å². The van der Waals surface area contributed by atoms with E-state index in [-0.39, 0.29) is 17.7 Å². The second kappa shape index (κ2) is 9.75. The van der Waals surface area contributed by atoms with Crippen molar-refractivity contribution in [2.45, 2.75) is 45.2 Å². The largest absolute Gasteiger partial charge is 0.496 e. The number of pyridine rings is 1. The molecule has 202 valence electrons. The van der Waals surface area contributed by atoms with Crippen LogP contribution in [0.1, 0.15) is 46.6 Å². The van der Waals surface area contributed by atoms with E-state index in [1.165, 1.54) is 0 Å². The Kier molecular flexibility index (Phi) is 6.07. The molecule has 1 saturated carbocycles. The van der Waals surface area contributed by atoms with E-state index in [0.29, 0.717) is 53.6 Å². The summed E-state index contributed by atoms with van der Waals surface area (Å²) in [7, 11) is 1.57. The number of carbonyl (C=O) groups is 2. The van der Waals surface area contributed by atoms with E-state index in [1.54, 1.807) is 13.2 Å². The van der Waals surface area contributed by atoms with Crippen LogP contribution in [-0.4, -0.2) is 63.3 Å². The Labute approximate surface area is 226 Å². The molecule has 3 atom stereocenters. The zero-order chi connectivity index (χ0) is 26.5. The number of carbonyl (C=O) groups excluding carboxylic acids is 2. The lowest BCUT2D eigenvalue weighted by atomic mass is 9.95. The number of nitrogens with zero attached hydrogens (tertiary/aromatic N) is 5. The number of amides is 2. The van der Waals surface area contributed by atoms with Crippen LogP contribution in [0.4, 0.5) is 5.82 Å². The van der Waals surface area contributed by atoms with E-state index in [4.69, 9.17) is 9.47 Å². The number of benzene rings is 1. The Morgan fingerprint density at radius 3 is 2.90 bits per heavy atom. The molecule has 7 rings (SSSR count). The van der Waals surface area contributed by atoms with Gasteiger partial charge in [0.2, 0.25) is 5.91 Å². The smallest absolute Gasteiger partial charge is 0.260 e. The van der Waals surface area contributed by atoms with E-state index in [0.717, 1.165) is 68.8 Å². The molecule has 0 bridgehead atoms. The van der Waals surface area contributed by atoms with Gasteiger partial charge in [0.15, 0.2) is 5.82 Å². The Morgan fingerprint density at radius 1 is 1.13 bits per heavy atom. The Bertz CT molecular complexity index is 1450. The first kappa shape index (κ1) is 24.3. The van der Waals surface area contributed by atoms with Crippen LogP contribution in [-0.2, 0) is 35.5 Å². The first-order valence-corrected chi connectivity index (χ1v) is 13.9. The maximum Gasteiger partial charge on any atom is 0.260 e. The molecule has 2 amide bonds. The fourth-order valence-electron chi connectivity index (χ4n) is 6.42. The highest BCUT2D eigenvalue weighted by molar-refractivity contribution is 6.06. The predicted molar refractivity (Wildman–Crippen MR) is 142 cm³/mol. The average molecular weight is 529 g/mol. The van der Waals surface area contributed by atoms with Crippen molar-refractivity contribution in [1.82, 2.24) is 24.6 Å². The van der Waals surface area contributed by atoms with E-state index in [2.05, 4.69) is 25.1 Å². The third-order valence-corrected chi connectivity index (χ3v) is 8.65. The fourth-order valence-corrected chi connectivity index (χ4v) is 6.42. The van der Waals surface area contributed by atoms with Gasteiger partial charge in [0.25, 0.3) is 5.91 Å². The van der Waals surface area contributed by atoms with E-state index < -0.39 is 0 Å². The van der Waals surface area contributed by atoms with Crippen LogP contribution in [0.5, 0.6) is 5.75 Å². The molecule has 2 aromatic heterocycles. The molecule has 39 heavy (non-hydrogen) atoms. The quantitative estimate of drug-likeness (QED) is 0.523. The van der Waals surface area contributed by atoms with Gasteiger partial charge in [-0.25, -0.2) is 4.98 Å². The Morgan fingerprint density at radius 2 is 2.05 bits per heavy atom. The summed E-state index contributed by atoms with van der Waals surface area (Å²) in [6.45, 7) is 3.67. The average Bonchev–Trinajstić information content (AvgIpc) is 3.31. The van der Waals surface area contributed by atoms with Crippen LogP contribution in [0.2, 0.25) is 0 Å². The van der Waals surface area contributed by atoms with Crippen molar-refractivity contribution in [1.29, 1.82) is 0 Å². The second-order valence-electron chi connectivity index (χ2n) is 11.0. The number of fused-ring (bicyclic) bond motifs is 2. The third kappa shape index (κ3) is 4.46. The van der Waals surface area contributed by atoms with E-state index in [9.17, 15) is 9.59 Å². The minimum atomic E-state index is -0.308. The summed E-state index contributed by atoms with van der Waals surface area (Å²) in [6, 6.07) is 9.29. The minimum absolute atomic E-state index is 0.115. The van der Waals surface area contributed by atoms with Gasteiger partial charge in [-0.2, -0.15) is 0 Å². The molecule has 2 fully saturated rings. The molecule has 5 heterocycles. The molecule has 3 unspecified atom stereocenters. The highest BCUT2D eigenvalue weighted by Crippen LogP contribution is 2.48. The van der Waals surface area contributed by atoms with Crippen LogP contribution < -0.4 is 10.1 Å². The summed E-state index contributed by atoms with van der Waals surface area (Å²) in [5, 5.41) is 11.5. The molecule has 10 heteroatoms. The van der Waals surface area contributed by atoms with Crippen LogP contribution in [0.3, 0.4) is 0 Å². The number of ether oxygens (including phenoxy) is 2. The van der Waals surface area contributed by atoms with Crippen molar-refractivity contribution in [2.24, 2.45) is 17.8 Å². The number of rotatable bonds is 6. The van der Waals surface area contributed by atoms with Gasteiger partial charge in [-0.05, 0) is 72.9 Å². The van der Waals surface area contributed by atoms with Crippen molar-refractivity contribution in [3.63, 3.8) is 0 Å². The summed E-state index contributed by atoms with van der Waals surface area (Å²) in [5.74, 6) is 3.66.